The van der Waals surface area contributed by atoms with Gasteiger partial charge in [0.15, 0.2) is 0 Å². The van der Waals surface area contributed by atoms with Gasteiger partial charge in [-0.15, -0.1) is 0 Å². The van der Waals surface area contributed by atoms with Gasteiger partial charge in [-0.25, -0.2) is 4.79 Å². The standard InChI is InChI=1S/C19H18N2O4/c1-25-19(24)15-8-5-13(6-9-15)7-10-17(22)21-12-14-3-2-4-16(11-14)18(20)23/h2-11H,12H2,1H3,(H2,20,23)(H,21,22)/b10-7+. The van der Waals surface area contributed by atoms with E-state index in [0.29, 0.717) is 11.1 Å². The number of hydrogen-bond donors (Lipinski definition) is 2. The molecule has 0 aliphatic rings. The second kappa shape index (κ2) is 8.44. The lowest BCUT2D eigenvalue weighted by Gasteiger charge is -2.04. The number of carbonyl (C=O) groups excluding carboxylic acids is 3. The van der Waals surface area contributed by atoms with E-state index in [1.165, 1.54) is 13.2 Å². The maximum atomic E-state index is 11.9. The van der Waals surface area contributed by atoms with E-state index in [4.69, 9.17) is 5.73 Å². The first kappa shape index (κ1) is 17.9. The Labute approximate surface area is 145 Å². The van der Waals surface area contributed by atoms with Crippen molar-refractivity contribution in [2.45, 2.75) is 6.54 Å². The molecule has 2 aromatic rings. The van der Waals surface area contributed by atoms with Crippen molar-refractivity contribution in [3.05, 3.63) is 76.9 Å². The van der Waals surface area contributed by atoms with Gasteiger partial charge in [-0.05, 0) is 41.5 Å². The molecule has 0 aliphatic carbocycles. The summed E-state index contributed by atoms with van der Waals surface area (Å²) in [5, 5.41) is 2.72. The maximum absolute atomic E-state index is 11.9. The van der Waals surface area contributed by atoms with E-state index in [2.05, 4.69) is 10.1 Å². The summed E-state index contributed by atoms with van der Waals surface area (Å²) in [6.07, 6.45) is 3.03. The summed E-state index contributed by atoms with van der Waals surface area (Å²) in [4.78, 5) is 34.3. The van der Waals surface area contributed by atoms with Gasteiger partial charge < -0.3 is 15.8 Å². The van der Waals surface area contributed by atoms with Gasteiger partial charge >= 0.3 is 5.97 Å². The van der Waals surface area contributed by atoms with Crippen LogP contribution in [-0.2, 0) is 16.1 Å². The molecule has 0 saturated carbocycles. The third kappa shape index (κ3) is 5.31. The average molecular weight is 338 g/mol. The lowest BCUT2D eigenvalue weighted by Crippen LogP contribution is -2.20. The number of nitrogens with two attached hydrogens (primary N) is 1. The Kier molecular flexibility index (Phi) is 6.06. The molecule has 2 rings (SSSR count). The molecule has 25 heavy (non-hydrogen) atoms. The maximum Gasteiger partial charge on any atom is 0.337 e. The SMILES string of the molecule is COC(=O)c1ccc(/C=C/C(=O)NCc2cccc(C(N)=O)c2)cc1. The third-order valence-electron chi connectivity index (χ3n) is 3.44. The molecule has 0 spiro atoms. The van der Waals surface area contributed by atoms with E-state index >= 15 is 0 Å². The third-order valence-corrected chi connectivity index (χ3v) is 3.44. The molecule has 0 radical (unpaired) electrons. The van der Waals surface area contributed by atoms with E-state index in [1.807, 2.05) is 0 Å². The second-order valence-corrected chi connectivity index (χ2v) is 5.23. The molecule has 6 nitrogen and oxygen atoms in total. The Bertz CT molecular complexity index is 810. The molecule has 2 aromatic carbocycles. The minimum absolute atomic E-state index is 0.276. The molecule has 0 aromatic heterocycles. The Morgan fingerprint density at radius 3 is 2.44 bits per heavy atom. The first-order chi connectivity index (χ1) is 12.0. The Morgan fingerprint density at radius 2 is 1.80 bits per heavy atom. The Morgan fingerprint density at radius 1 is 1.08 bits per heavy atom. The van der Waals surface area contributed by atoms with Crippen LogP contribution in [0.2, 0.25) is 0 Å². The van der Waals surface area contributed by atoms with Crippen LogP contribution in [0.25, 0.3) is 6.08 Å². The van der Waals surface area contributed by atoms with Gasteiger partial charge in [-0.2, -0.15) is 0 Å². The molecular weight excluding hydrogens is 320 g/mol. The topological polar surface area (TPSA) is 98.5 Å². The number of methoxy groups -OCH3 is 1. The van der Waals surface area contributed by atoms with Crippen molar-refractivity contribution in [1.29, 1.82) is 0 Å². The van der Waals surface area contributed by atoms with Crippen LogP contribution in [0, 0.1) is 0 Å². The van der Waals surface area contributed by atoms with Gasteiger partial charge in [0.05, 0.1) is 12.7 Å². The molecule has 0 bridgehead atoms. The van der Waals surface area contributed by atoms with E-state index in [9.17, 15) is 14.4 Å². The van der Waals surface area contributed by atoms with E-state index in [-0.39, 0.29) is 12.5 Å². The highest BCUT2D eigenvalue weighted by molar-refractivity contribution is 5.93. The largest absolute Gasteiger partial charge is 0.465 e. The quantitative estimate of drug-likeness (QED) is 0.621. The molecule has 0 fully saturated rings. The Hall–Kier alpha value is -3.41. The highest BCUT2D eigenvalue weighted by Crippen LogP contribution is 2.08. The number of carbonyl (C=O) groups is 3. The predicted octanol–water partition coefficient (Wildman–Crippen LogP) is 1.90. The van der Waals surface area contributed by atoms with Crippen molar-refractivity contribution in [3.8, 4) is 0 Å². The number of amides is 2. The van der Waals surface area contributed by atoms with Gasteiger partial charge in [0.25, 0.3) is 0 Å². The van der Waals surface area contributed by atoms with Crippen molar-refractivity contribution in [2.24, 2.45) is 5.73 Å². The van der Waals surface area contributed by atoms with Crippen molar-refractivity contribution >= 4 is 23.9 Å². The fourth-order valence-corrected chi connectivity index (χ4v) is 2.10. The van der Waals surface area contributed by atoms with Crippen molar-refractivity contribution in [1.82, 2.24) is 5.32 Å². The summed E-state index contributed by atoms with van der Waals surface area (Å²) >= 11 is 0. The fraction of sp³-hybridized carbons (Fsp3) is 0.105. The summed E-state index contributed by atoms with van der Waals surface area (Å²) < 4.78 is 4.62. The van der Waals surface area contributed by atoms with Crippen LogP contribution in [-0.4, -0.2) is 24.9 Å². The van der Waals surface area contributed by atoms with Gasteiger partial charge in [-0.1, -0.05) is 24.3 Å². The molecule has 0 aliphatic heterocycles. The number of rotatable bonds is 6. The minimum atomic E-state index is -0.511. The summed E-state index contributed by atoms with van der Waals surface area (Å²) in [6.45, 7) is 0.283. The summed E-state index contributed by atoms with van der Waals surface area (Å²) in [6, 6.07) is 13.4. The number of benzene rings is 2. The zero-order chi connectivity index (χ0) is 18.2. The van der Waals surface area contributed by atoms with Crippen LogP contribution in [0.15, 0.2) is 54.6 Å². The van der Waals surface area contributed by atoms with Gasteiger partial charge in [0.1, 0.15) is 0 Å². The highest BCUT2D eigenvalue weighted by Gasteiger charge is 2.04. The van der Waals surface area contributed by atoms with E-state index in [1.54, 1.807) is 54.6 Å². The number of hydrogen-bond acceptors (Lipinski definition) is 4. The first-order valence-electron chi connectivity index (χ1n) is 7.52. The van der Waals surface area contributed by atoms with E-state index in [0.717, 1.165) is 11.1 Å². The van der Waals surface area contributed by atoms with Gasteiger partial charge in [-0.3, -0.25) is 9.59 Å². The predicted molar refractivity (Wildman–Crippen MR) is 93.6 cm³/mol. The van der Waals surface area contributed by atoms with Crippen LogP contribution in [0.4, 0.5) is 0 Å². The number of ether oxygens (including phenoxy) is 1. The summed E-state index contributed by atoms with van der Waals surface area (Å²) in [5.41, 5.74) is 7.62. The second-order valence-electron chi connectivity index (χ2n) is 5.23. The molecule has 0 unspecified atom stereocenters. The molecule has 6 heteroatoms. The number of primary amides is 1. The summed E-state index contributed by atoms with van der Waals surface area (Å²) in [7, 11) is 1.32. The molecule has 0 atom stereocenters. The Balaban J connectivity index is 1.91. The lowest BCUT2D eigenvalue weighted by molar-refractivity contribution is -0.116. The monoisotopic (exact) mass is 338 g/mol. The zero-order valence-electron chi connectivity index (χ0n) is 13.7. The molecule has 3 N–H and O–H groups in total. The molecule has 0 heterocycles. The highest BCUT2D eigenvalue weighted by atomic mass is 16.5. The van der Waals surface area contributed by atoms with Crippen LogP contribution in [0.3, 0.4) is 0 Å². The van der Waals surface area contributed by atoms with Crippen LogP contribution in [0.1, 0.15) is 31.8 Å². The average Bonchev–Trinajstić information content (AvgIpc) is 2.64. The van der Waals surface area contributed by atoms with Crippen LogP contribution < -0.4 is 11.1 Å². The van der Waals surface area contributed by atoms with Gasteiger partial charge in [0.2, 0.25) is 11.8 Å². The lowest BCUT2D eigenvalue weighted by atomic mass is 10.1. The fourth-order valence-electron chi connectivity index (χ4n) is 2.10. The number of nitrogens with one attached hydrogen (secondary N) is 1. The molecule has 128 valence electrons. The van der Waals surface area contributed by atoms with Crippen molar-refractivity contribution in [2.75, 3.05) is 7.11 Å². The van der Waals surface area contributed by atoms with Crippen LogP contribution >= 0.6 is 0 Å². The van der Waals surface area contributed by atoms with Crippen molar-refractivity contribution < 1.29 is 19.1 Å². The van der Waals surface area contributed by atoms with E-state index < -0.39 is 11.9 Å². The molecule has 2 amide bonds. The van der Waals surface area contributed by atoms with Crippen molar-refractivity contribution in [3.63, 3.8) is 0 Å². The smallest absolute Gasteiger partial charge is 0.337 e. The molecule has 0 saturated heterocycles. The summed E-state index contributed by atoms with van der Waals surface area (Å²) in [5.74, 6) is -1.20. The number of esters is 1. The molecular formula is C19H18N2O4. The van der Waals surface area contributed by atoms with Crippen LogP contribution in [0.5, 0.6) is 0 Å². The first-order valence-corrected chi connectivity index (χ1v) is 7.52. The normalized spacial score (nSPS) is 10.4. The van der Waals surface area contributed by atoms with Gasteiger partial charge in [0, 0.05) is 18.2 Å². The zero-order valence-corrected chi connectivity index (χ0v) is 13.7. The minimum Gasteiger partial charge on any atom is -0.465 e.